The number of thiazole rings is 1. The normalized spacial score (nSPS) is 11.1. The highest BCUT2D eigenvalue weighted by Crippen LogP contribution is 2.37. The van der Waals surface area contributed by atoms with Crippen LogP contribution in [0, 0.1) is 72.1 Å². The SMILES string of the molecule is C.CC(C)c1cncc(C(F)(F)F)c1.CC(C)c1nc2ccccc2s1.COc1ncc(C(C)C)cc1C(F)(F)F.Cc1cc(C(C)C)ccn1.Cc1ccc(C(C)C)c(F)n1.Cc1ccc(C(C)C)c(F)n1.Cc1ccc(C(C)C)c(F)n1.Cc1ccc(C(C)C)cn1.Cc1ncc(C(C)C)cc1C(F)(F)F.Cc1ncc(C(C)C)cc1F. The second kappa shape index (κ2) is 51.1. The van der Waals surface area contributed by atoms with E-state index >= 15 is 0 Å². The molecule has 0 N–H and O–H groups in total. The van der Waals surface area contributed by atoms with E-state index in [0.29, 0.717) is 62.7 Å². The fourth-order valence-electron chi connectivity index (χ4n) is 9.85. The number of alkyl halides is 9. The van der Waals surface area contributed by atoms with Crippen molar-refractivity contribution in [3.63, 3.8) is 0 Å². The zero-order valence-electron chi connectivity index (χ0n) is 73.4. The molecule has 0 fully saturated rings. The van der Waals surface area contributed by atoms with E-state index in [0.717, 1.165) is 57.9 Å². The quantitative estimate of drug-likeness (QED) is 0.0903. The van der Waals surface area contributed by atoms with Crippen LogP contribution in [0.1, 0.15) is 317 Å². The molecule has 0 spiro atoms. The number of ether oxygens (including phenoxy) is 1. The van der Waals surface area contributed by atoms with Gasteiger partial charge in [-0.05, 0) is 208 Å². The predicted molar refractivity (Wildman–Crippen MR) is 460 cm³/mol. The van der Waals surface area contributed by atoms with Crippen LogP contribution < -0.4 is 4.74 Å². The molecule has 119 heavy (non-hydrogen) atoms. The highest BCUT2D eigenvalue weighted by molar-refractivity contribution is 7.18. The molecule has 0 saturated carbocycles. The van der Waals surface area contributed by atoms with Gasteiger partial charge in [0.1, 0.15) is 11.4 Å². The van der Waals surface area contributed by atoms with Crippen molar-refractivity contribution in [1.29, 1.82) is 0 Å². The monoisotopic (exact) mass is 1690 g/mol. The fraction of sp³-hybridized carbons (Fsp3) is 0.447. The van der Waals surface area contributed by atoms with Gasteiger partial charge in [0.15, 0.2) is 0 Å². The second-order valence-corrected chi connectivity index (χ2v) is 32.2. The van der Waals surface area contributed by atoms with Crippen LogP contribution >= 0.6 is 11.3 Å². The lowest BCUT2D eigenvalue weighted by atomic mass is 10.0. The summed E-state index contributed by atoms with van der Waals surface area (Å²) >= 11 is 1.79. The average Bonchev–Trinajstić information content (AvgIpc) is 1.71. The molecular weight excluding hydrogens is 1560 g/mol. The van der Waals surface area contributed by atoms with Crippen LogP contribution in [0.4, 0.5) is 57.1 Å². The van der Waals surface area contributed by atoms with Gasteiger partial charge in [0.25, 0.3) is 0 Å². The smallest absolute Gasteiger partial charge is 0.421 e. The molecule has 0 amide bonds. The van der Waals surface area contributed by atoms with E-state index < -0.39 is 35.2 Å². The molecule has 11 nitrogen and oxygen atoms in total. The number of nitrogens with zero attached hydrogens (tertiary/aromatic N) is 10. The first kappa shape index (κ1) is 107. The maximum absolute atomic E-state index is 13.0. The minimum atomic E-state index is -4.43. The van der Waals surface area contributed by atoms with Crippen LogP contribution in [0.3, 0.4) is 0 Å². The molecule has 0 aliphatic heterocycles. The van der Waals surface area contributed by atoms with Gasteiger partial charge in [-0.3, -0.25) is 24.9 Å². The molecule has 0 saturated heterocycles. The van der Waals surface area contributed by atoms with E-state index in [2.05, 4.69) is 139 Å². The molecule has 10 heterocycles. The number of pyridine rings is 9. The molecule has 0 aliphatic carbocycles. The van der Waals surface area contributed by atoms with Gasteiger partial charge in [0, 0.05) is 100 Å². The molecule has 0 bridgehead atoms. The summed E-state index contributed by atoms with van der Waals surface area (Å²) in [6.07, 6.45) is -2.30. The molecule has 11 aromatic rings. The number of para-hydroxylation sites is 1. The van der Waals surface area contributed by atoms with Crippen molar-refractivity contribution < 1.29 is 61.8 Å². The number of aromatic nitrogens is 10. The lowest BCUT2D eigenvalue weighted by Gasteiger charge is -2.13. The number of methoxy groups -OCH3 is 1. The van der Waals surface area contributed by atoms with Crippen molar-refractivity contribution in [3.05, 3.63) is 288 Å². The van der Waals surface area contributed by atoms with Crippen LogP contribution in [0.2, 0.25) is 0 Å². The van der Waals surface area contributed by atoms with Gasteiger partial charge >= 0.3 is 18.5 Å². The largest absolute Gasteiger partial charge is 0.481 e. The number of hydrogen-bond acceptors (Lipinski definition) is 12. The molecule has 0 aliphatic rings. The maximum atomic E-state index is 13.0. The van der Waals surface area contributed by atoms with E-state index in [9.17, 15) is 57.1 Å². The standard InChI is InChI=1S/C10H12F3NO.C10H12F3N.C10H11NS.C9H10F3N.4C9H12FN.2C9H13N.CH4/c1-6(2)7-4-8(10(11,12)13)9(15-3)14-5-7;1-6(2)8-4-9(10(11,12)13)7(3)14-5-8;1-7(2)10-11-8-5-3-4-6-9(8)12-10;1-6(2)7-3-8(5-13-4-7)9(10,11)12;1-6(2)8-4-9(10)7(3)11-5-8;3*1-6(2)8-5-4-7(3)11-9(8)10;1-7(2)9-4-5-10-8(3)6-9;1-7(2)9-5-4-8(3)10-6-9;/h4-6H,1-3H3;4-6H,1-3H3;3-7H,1-2H3;3-6H,1-2H3;4*4-6H,1-3H3;2*4-7H,1-3H3;1H4. The van der Waals surface area contributed by atoms with Gasteiger partial charge in [-0.1, -0.05) is 182 Å². The Labute approximate surface area is 702 Å². The molecule has 0 radical (unpaired) electrons. The molecular formula is C94H123F13N10OS. The minimum absolute atomic E-state index is 0. The van der Waals surface area contributed by atoms with E-state index in [1.807, 2.05) is 147 Å². The van der Waals surface area contributed by atoms with Crippen molar-refractivity contribution >= 4 is 21.6 Å². The third-order valence-electron chi connectivity index (χ3n) is 17.5. The van der Waals surface area contributed by atoms with Crippen molar-refractivity contribution in [2.24, 2.45) is 0 Å². The summed E-state index contributed by atoms with van der Waals surface area (Å²) in [6, 6.07) is 32.5. The van der Waals surface area contributed by atoms with Crippen LogP contribution in [0.15, 0.2) is 153 Å². The van der Waals surface area contributed by atoms with Crippen LogP contribution in [-0.2, 0) is 18.5 Å². The van der Waals surface area contributed by atoms with Gasteiger partial charge in [0.2, 0.25) is 23.7 Å². The van der Waals surface area contributed by atoms with Crippen molar-refractivity contribution in [2.45, 2.75) is 272 Å². The van der Waals surface area contributed by atoms with Crippen molar-refractivity contribution in [1.82, 2.24) is 49.8 Å². The summed E-state index contributed by atoms with van der Waals surface area (Å²) in [5.41, 5.74) is 11.3. The van der Waals surface area contributed by atoms with Crippen LogP contribution in [0.25, 0.3) is 10.2 Å². The number of aryl methyl sites for hydroxylation is 7. The molecule has 652 valence electrons. The van der Waals surface area contributed by atoms with Crippen LogP contribution in [0.5, 0.6) is 5.88 Å². The number of halogens is 13. The maximum Gasteiger partial charge on any atom is 0.421 e. The average molecular weight is 1690 g/mol. The van der Waals surface area contributed by atoms with E-state index in [1.54, 1.807) is 69.5 Å². The van der Waals surface area contributed by atoms with Gasteiger partial charge in [-0.2, -0.15) is 52.7 Å². The van der Waals surface area contributed by atoms with E-state index in [4.69, 9.17) is 0 Å². The van der Waals surface area contributed by atoms with Crippen LogP contribution in [-0.4, -0.2) is 56.9 Å². The Kier molecular flexibility index (Phi) is 46.1. The van der Waals surface area contributed by atoms with E-state index in [-0.39, 0.29) is 78.2 Å². The Balaban J connectivity index is 0.000000662. The highest BCUT2D eigenvalue weighted by Gasteiger charge is 2.36. The van der Waals surface area contributed by atoms with Crippen molar-refractivity contribution in [3.8, 4) is 5.88 Å². The summed E-state index contributed by atoms with van der Waals surface area (Å²) in [4.78, 5) is 38.9. The lowest BCUT2D eigenvalue weighted by Crippen LogP contribution is -2.10. The summed E-state index contributed by atoms with van der Waals surface area (Å²) in [5.74, 6) is 1.26. The van der Waals surface area contributed by atoms with Gasteiger partial charge in [-0.25, -0.2) is 29.3 Å². The molecule has 1 aromatic carbocycles. The second-order valence-electron chi connectivity index (χ2n) is 31.1. The summed E-state index contributed by atoms with van der Waals surface area (Å²) in [6.45, 7) is 52.2. The van der Waals surface area contributed by atoms with E-state index in [1.165, 1.54) is 59.5 Å². The number of hydrogen-bond donors (Lipinski definition) is 0. The Morgan fingerprint density at radius 1 is 0.328 bits per heavy atom. The Bertz CT molecular complexity index is 4620. The number of benzene rings is 1. The van der Waals surface area contributed by atoms with Gasteiger partial charge < -0.3 is 4.74 Å². The lowest BCUT2D eigenvalue weighted by molar-refractivity contribution is -0.139. The first-order chi connectivity index (χ1) is 54.7. The molecule has 0 atom stereocenters. The van der Waals surface area contributed by atoms with Crippen molar-refractivity contribution in [2.75, 3.05) is 7.11 Å². The fourth-order valence-corrected chi connectivity index (χ4v) is 10.8. The summed E-state index contributed by atoms with van der Waals surface area (Å²) in [7, 11) is 1.17. The molecule has 11 rings (SSSR count). The third kappa shape index (κ3) is 39.0. The Hall–Kier alpha value is -9.65. The van der Waals surface area contributed by atoms with Gasteiger partial charge in [-0.15, -0.1) is 11.3 Å². The Morgan fingerprint density at radius 2 is 0.723 bits per heavy atom. The minimum Gasteiger partial charge on any atom is -0.481 e. The number of rotatable bonds is 11. The topological polar surface area (TPSA) is 138 Å². The number of fused-ring (bicyclic) bond motifs is 1. The molecule has 10 aromatic heterocycles. The zero-order valence-corrected chi connectivity index (χ0v) is 74.2. The highest BCUT2D eigenvalue weighted by atomic mass is 32.1. The molecule has 25 heteroatoms. The van der Waals surface area contributed by atoms with Gasteiger partial charge in [0.05, 0.1) is 39.2 Å². The summed E-state index contributed by atoms with van der Waals surface area (Å²) in [5, 5.41) is 1.23. The summed E-state index contributed by atoms with van der Waals surface area (Å²) < 4.78 is 169. The molecule has 0 unspecified atom stereocenters. The first-order valence-electron chi connectivity index (χ1n) is 39.1. The third-order valence-corrected chi connectivity index (χ3v) is 18.8. The predicted octanol–water partition coefficient (Wildman–Crippen LogP) is 29.7. The first-order valence-corrected chi connectivity index (χ1v) is 39.9. The Morgan fingerprint density at radius 3 is 1.08 bits per heavy atom. The zero-order chi connectivity index (χ0) is 90.0.